The van der Waals surface area contributed by atoms with Gasteiger partial charge < -0.3 is 9.47 Å². The lowest BCUT2D eigenvalue weighted by atomic mass is 10.0. The zero-order valence-electron chi connectivity index (χ0n) is 36.8. The molecule has 0 radical (unpaired) electrons. The number of hydrogen-bond acceptors (Lipinski definition) is 10. The van der Waals surface area contributed by atoms with Crippen LogP contribution < -0.4 is 9.13 Å². The lowest BCUT2D eigenvalue weighted by molar-refractivity contribution is -0.599. The third kappa shape index (κ3) is 11.0. The van der Waals surface area contributed by atoms with Gasteiger partial charge >= 0.3 is 11.9 Å². The number of ether oxygens (including phenoxy) is 2. The van der Waals surface area contributed by atoms with Crippen LogP contribution in [0.4, 0.5) is 0 Å². The summed E-state index contributed by atoms with van der Waals surface area (Å²) in [7, 11) is 0. The molecule has 0 aliphatic carbocycles. The molecule has 4 heterocycles. The molecule has 0 N–H and O–H groups in total. The summed E-state index contributed by atoms with van der Waals surface area (Å²) in [6.07, 6.45) is 8.05. The minimum absolute atomic E-state index is 0.0457. The number of carbonyl (C=O) groups excluding carboxylic acids is 4. The Balaban J connectivity index is 1.28. The number of pyridine rings is 2. The van der Waals surface area contributed by atoms with E-state index in [2.05, 4.69) is 24.3 Å². The van der Waals surface area contributed by atoms with E-state index in [1.54, 1.807) is 61.6 Å². The number of thioether (sulfide) groups is 2. The van der Waals surface area contributed by atoms with Gasteiger partial charge in [-0.3, -0.25) is 19.2 Å². The number of ketones is 2. The second-order valence-corrected chi connectivity index (χ2v) is 19.9. The fraction of sp³-hybridized carbons (Fsp3) is 0.231. The number of thiophene rings is 2. The molecular formula is C52H50N2O6S4+2. The number of aryl methyl sites for hydroxylation is 4. The lowest BCUT2D eigenvalue weighted by Gasteiger charge is -2.10. The standard InChI is InChI=1S/C52H50N2O6S4/c1-7-59-43(55)25-41-45(53-27-33(3)23-34(4)28-53)51(63-49(41)47(57)37-17-11-9-12-18-37)61-31-39-21-15-16-22-40(39)32-62-52-46(54-29-35(5)24-36(6)30-54)42(26-44(56)60-8-2)50(64-52)48(58)38-19-13-10-14-20-38/h9-24,27-30H,7-8,25-26,31-32H2,1-6H3/q+2. The van der Waals surface area contributed by atoms with Crippen molar-refractivity contribution in [1.82, 2.24) is 0 Å². The predicted molar refractivity (Wildman–Crippen MR) is 257 cm³/mol. The van der Waals surface area contributed by atoms with Crippen LogP contribution in [0.25, 0.3) is 11.4 Å². The largest absolute Gasteiger partial charge is 0.466 e. The fourth-order valence-electron chi connectivity index (χ4n) is 7.64. The zero-order valence-corrected chi connectivity index (χ0v) is 40.0. The minimum atomic E-state index is -0.390. The van der Waals surface area contributed by atoms with Crippen LogP contribution >= 0.6 is 46.2 Å². The number of benzene rings is 3. The van der Waals surface area contributed by atoms with E-state index in [0.717, 1.165) is 53.2 Å². The van der Waals surface area contributed by atoms with Gasteiger partial charge in [-0.1, -0.05) is 84.9 Å². The Bertz CT molecular complexity index is 2600. The van der Waals surface area contributed by atoms with E-state index in [0.29, 0.717) is 43.5 Å². The molecule has 4 aromatic heterocycles. The molecule has 12 heteroatoms. The highest BCUT2D eigenvalue weighted by Gasteiger charge is 2.34. The van der Waals surface area contributed by atoms with Crippen molar-refractivity contribution in [1.29, 1.82) is 0 Å². The van der Waals surface area contributed by atoms with Crippen molar-refractivity contribution in [3.8, 4) is 11.4 Å². The average molecular weight is 927 g/mol. The molecule has 0 aliphatic rings. The fourth-order valence-corrected chi connectivity index (χ4v) is 12.9. The highest BCUT2D eigenvalue weighted by atomic mass is 32.2. The predicted octanol–water partition coefficient (Wildman–Crippen LogP) is 10.9. The lowest BCUT2D eigenvalue weighted by Crippen LogP contribution is -2.33. The average Bonchev–Trinajstić information content (AvgIpc) is 3.82. The molecule has 0 saturated carbocycles. The third-order valence-electron chi connectivity index (χ3n) is 10.3. The molecule has 0 unspecified atom stereocenters. The first-order valence-corrected chi connectivity index (χ1v) is 24.7. The quantitative estimate of drug-likeness (QED) is 0.0364. The molecule has 3 aromatic carbocycles. The van der Waals surface area contributed by atoms with E-state index in [-0.39, 0.29) is 37.6 Å². The van der Waals surface area contributed by atoms with Crippen LogP contribution in [-0.2, 0) is 43.4 Å². The van der Waals surface area contributed by atoms with Crippen LogP contribution in [-0.4, -0.2) is 36.7 Å². The smallest absolute Gasteiger partial charge is 0.310 e. The van der Waals surface area contributed by atoms with Crippen molar-refractivity contribution >= 4 is 69.7 Å². The highest BCUT2D eigenvalue weighted by molar-refractivity contribution is 8.01. The van der Waals surface area contributed by atoms with Gasteiger partial charge in [0.1, 0.15) is 8.42 Å². The van der Waals surface area contributed by atoms with Crippen LogP contribution in [0.5, 0.6) is 0 Å². The number of rotatable bonds is 18. The molecule has 0 amide bonds. The molecule has 0 atom stereocenters. The summed E-state index contributed by atoms with van der Waals surface area (Å²) in [5, 5.41) is 0. The molecule has 0 spiro atoms. The van der Waals surface area contributed by atoms with Crippen LogP contribution in [0.2, 0.25) is 0 Å². The van der Waals surface area contributed by atoms with Gasteiger partial charge in [0.2, 0.25) is 22.9 Å². The summed E-state index contributed by atoms with van der Waals surface area (Å²) >= 11 is 6.11. The number of aromatic nitrogens is 2. The maximum atomic E-state index is 14.3. The minimum Gasteiger partial charge on any atom is -0.466 e. The second-order valence-electron chi connectivity index (χ2n) is 15.4. The van der Waals surface area contributed by atoms with E-state index in [1.807, 2.05) is 110 Å². The number of hydrogen-bond donors (Lipinski definition) is 0. The molecule has 64 heavy (non-hydrogen) atoms. The maximum Gasteiger partial charge on any atom is 0.310 e. The van der Waals surface area contributed by atoms with Crippen molar-refractivity contribution in [3.63, 3.8) is 0 Å². The Labute approximate surface area is 391 Å². The van der Waals surface area contributed by atoms with Gasteiger partial charge in [0.15, 0.2) is 24.8 Å². The first kappa shape index (κ1) is 46.3. The number of nitrogens with zero attached hydrogens (tertiary/aromatic N) is 2. The molecular weight excluding hydrogens is 877 g/mol. The Morgan fingerprint density at radius 3 is 1.20 bits per heavy atom. The molecule has 0 bridgehead atoms. The summed E-state index contributed by atoms with van der Waals surface area (Å²) in [6, 6.07) is 30.9. The topological polar surface area (TPSA) is 94.5 Å². The van der Waals surface area contributed by atoms with Gasteiger partial charge in [-0.05, 0) is 64.8 Å². The molecule has 0 aliphatic heterocycles. The van der Waals surface area contributed by atoms with Gasteiger partial charge in [0.05, 0.1) is 46.9 Å². The van der Waals surface area contributed by atoms with Crippen LogP contribution in [0.3, 0.4) is 0 Å². The summed E-state index contributed by atoms with van der Waals surface area (Å²) in [5.41, 5.74) is 10.4. The summed E-state index contributed by atoms with van der Waals surface area (Å²) in [5.74, 6) is 0.114. The van der Waals surface area contributed by atoms with Crippen molar-refractivity contribution in [2.45, 2.75) is 74.3 Å². The van der Waals surface area contributed by atoms with Gasteiger partial charge in [-0.2, -0.15) is 9.13 Å². The van der Waals surface area contributed by atoms with Crippen molar-refractivity contribution in [2.24, 2.45) is 0 Å². The molecule has 326 valence electrons. The van der Waals surface area contributed by atoms with E-state index >= 15 is 0 Å². The van der Waals surface area contributed by atoms with Crippen molar-refractivity contribution < 1.29 is 37.8 Å². The van der Waals surface area contributed by atoms with Crippen LogP contribution in [0.15, 0.2) is 130 Å². The normalized spacial score (nSPS) is 11.1. The Morgan fingerprint density at radius 2 is 0.859 bits per heavy atom. The Morgan fingerprint density at radius 1 is 0.516 bits per heavy atom. The molecule has 0 fully saturated rings. The molecule has 0 saturated heterocycles. The number of esters is 2. The van der Waals surface area contributed by atoms with Gasteiger partial charge in [-0.15, -0.1) is 46.2 Å². The first-order chi connectivity index (χ1) is 30.9. The Hall–Kier alpha value is -5.66. The van der Waals surface area contributed by atoms with Crippen molar-refractivity contribution in [3.05, 3.63) is 187 Å². The molecule has 7 rings (SSSR count). The maximum absolute atomic E-state index is 14.3. The van der Waals surface area contributed by atoms with Gasteiger partial charge in [-0.25, -0.2) is 0 Å². The van der Waals surface area contributed by atoms with Crippen LogP contribution in [0, 0.1) is 27.7 Å². The van der Waals surface area contributed by atoms with E-state index < -0.39 is 11.9 Å². The molecule has 7 aromatic rings. The van der Waals surface area contributed by atoms with Crippen LogP contribution in [0.1, 0.15) is 88.8 Å². The van der Waals surface area contributed by atoms with Gasteiger partial charge in [0.25, 0.3) is 0 Å². The summed E-state index contributed by atoms with van der Waals surface area (Å²) in [4.78, 5) is 56.1. The second kappa shape index (κ2) is 21.3. The van der Waals surface area contributed by atoms with E-state index in [4.69, 9.17) is 9.47 Å². The SMILES string of the molecule is CCOC(=O)Cc1c(C(=O)c2ccccc2)sc(SCc2ccccc2CSc2sc(C(=O)c3ccccc3)c(CC(=O)OCC)c2-[n+]2cc(C)cc(C)c2)c1-[n+]1cc(C)cc(C)c1. The summed E-state index contributed by atoms with van der Waals surface area (Å²) in [6.45, 7) is 12.2. The van der Waals surface area contributed by atoms with E-state index in [1.165, 1.54) is 22.7 Å². The van der Waals surface area contributed by atoms with Crippen molar-refractivity contribution in [2.75, 3.05) is 13.2 Å². The Kier molecular flexibility index (Phi) is 15.5. The first-order valence-electron chi connectivity index (χ1n) is 21.1. The zero-order chi connectivity index (χ0) is 45.3. The van der Waals surface area contributed by atoms with Gasteiger partial charge in [0, 0.05) is 44.9 Å². The third-order valence-corrected chi connectivity index (χ3v) is 15.3. The summed E-state index contributed by atoms with van der Waals surface area (Å²) < 4.78 is 16.8. The molecule has 8 nitrogen and oxygen atoms in total. The number of carbonyl (C=O) groups is 4. The highest BCUT2D eigenvalue weighted by Crippen LogP contribution is 2.43. The van der Waals surface area contributed by atoms with E-state index in [9.17, 15) is 19.2 Å². The monoisotopic (exact) mass is 926 g/mol.